The van der Waals surface area contributed by atoms with Crippen molar-refractivity contribution in [3.63, 3.8) is 0 Å². The minimum atomic E-state index is 0.276. The predicted octanol–water partition coefficient (Wildman–Crippen LogP) is 6.27. The second-order valence-corrected chi connectivity index (χ2v) is 7.47. The lowest BCUT2D eigenvalue weighted by molar-refractivity contribution is 0.678. The maximum Gasteiger partial charge on any atom is 0.161 e. The average molecular weight is 405 g/mol. The van der Waals surface area contributed by atoms with E-state index in [0.29, 0.717) is 15.4 Å². The Morgan fingerprint density at radius 1 is 0.808 bits per heavy atom. The molecule has 0 radical (unpaired) electrons. The van der Waals surface area contributed by atoms with Crippen molar-refractivity contribution < 1.29 is 0 Å². The van der Waals surface area contributed by atoms with Crippen LogP contribution < -0.4 is 4.90 Å². The lowest BCUT2D eigenvalue weighted by atomic mass is 10.0. The summed E-state index contributed by atoms with van der Waals surface area (Å²) in [5.41, 5.74) is 2.67. The monoisotopic (exact) mass is 403 g/mol. The third kappa shape index (κ3) is 3.39. The molecular formula is C20H16Cl3N3. The minimum Gasteiger partial charge on any atom is -0.354 e. The van der Waals surface area contributed by atoms with E-state index < -0.39 is 0 Å². The fourth-order valence-electron chi connectivity index (χ4n) is 3.32. The Balaban J connectivity index is 1.64. The molecule has 1 fully saturated rings. The fraction of sp³-hybridized carbons (Fsp3) is 0.200. The van der Waals surface area contributed by atoms with E-state index in [9.17, 15) is 0 Å². The molecule has 2 heterocycles. The molecule has 1 saturated heterocycles. The standard InChI is InChI=1S/C20H16Cl3N3/c21-15-6-7-16(22)18-17(15)19(23)24-25-20(18)26-10-8-14(9-11-26)12-13-4-2-1-3-5-13/h1-7,12H,8-11H2. The molecule has 0 atom stereocenters. The summed E-state index contributed by atoms with van der Waals surface area (Å²) in [4.78, 5) is 2.20. The second kappa shape index (κ2) is 7.43. The maximum absolute atomic E-state index is 6.44. The molecule has 4 rings (SSSR count). The number of anilines is 1. The molecule has 1 aliphatic rings. The summed E-state index contributed by atoms with van der Waals surface area (Å²) in [6.45, 7) is 1.71. The summed E-state index contributed by atoms with van der Waals surface area (Å²) in [7, 11) is 0. The number of aromatic nitrogens is 2. The molecule has 0 unspecified atom stereocenters. The van der Waals surface area contributed by atoms with Gasteiger partial charge < -0.3 is 4.90 Å². The molecule has 26 heavy (non-hydrogen) atoms. The van der Waals surface area contributed by atoms with Crippen LogP contribution in [0.3, 0.4) is 0 Å². The zero-order chi connectivity index (χ0) is 18.1. The molecule has 3 nitrogen and oxygen atoms in total. The first kappa shape index (κ1) is 17.6. The third-order valence-corrected chi connectivity index (χ3v) is 5.54. The lowest BCUT2D eigenvalue weighted by Gasteiger charge is -2.30. The van der Waals surface area contributed by atoms with E-state index in [4.69, 9.17) is 34.8 Å². The van der Waals surface area contributed by atoms with Crippen molar-refractivity contribution in [1.82, 2.24) is 10.2 Å². The Kier molecular flexibility index (Phi) is 5.03. The van der Waals surface area contributed by atoms with Crippen LogP contribution >= 0.6 is 34.8 Å². The van der Waals surface area contributed by atoms with Gasteiger partial charge >= 0.3 is 0 Å². The van der Waals surface area contributed by atoms with E-state index in [1.807, 2.05) is 6.07 Å². The first-order valence-corrected chi connectivity index (χ1v) is 9.56. The molecule has 1 aromatic heterocycles. The van der Waals surface area contributed by atoms with E-state index in [1.54, 1.807) is 12.1 Å². The average Bonchev–Trinajstić information content (AvgIpc) is 2.66. The van der Waals surface area contributed by atoms with E-state index in [1.165, 1.54) is 11.1 Å². The number of fused-ring (bicyclic) bond motifs is 1. The molecule has 0 saturated carbocycles. The molecule has 132 valence electrons. The lowest BCUT2D eigenvalue weighted by Crippen LogP contribution is -2.31. The highest BCUT2D eigenvalue weighted by Gasteiger charge is 2.22. The molecular weight excluding hydrogens is 389 g/mol. The Morgan fingerprint density at radius 2 is 1.46 bits per heavy atom. The van der Waals surface area contributed by atoms with Crippen molar-refractivity contribution in [2.75, 3.05) is 18.0 Å². The van der Waals surface area contributed by atoms with Crippen LogP contribution in [-0.4, -0.2) is 23.3 Å². The van der Waals surface area contributed by atoms with Crippen molar-refractivity contribution in [2.45, 2.75) is 12.8 Å². The van der Waals surface area contributed by atoms with Gasteiger partial charge in [0, 0.05) is 23.9 Å². The number of nitrogens with zero attached hydrogens (tertiary/aromatic N) is 3. The highest BCUT2D eigenvalue weighted by Crippen LogP contribution is 2.39. The molecule has 0 aliphatic carbocycles. The largest absolute Gasteiger partial charge is 0.354 e. The summed E-state index contributed by atoms with van der Waals surface area (Å²) in [6, 6.07) is 13.9. The molecule has 0 bridgehead atoms. The summed E-state index contributed by atoms with van der Waals surface area (Å²) in [5.74, 6) is 0.746. The molecule has 0 N–H and O–H groups in total. The number of rotatable bonds is 2. The number of piperidine rings is 1. The Labute approximate surface area is 167 Å². The Hall–Kier alpha value is -1.81. The van der Waals surface area contributed by atoms with Gasteiger partial charge in [-0.25, -0.2) is 0 Å². The highest BCUT2D eigenvalue weighted by molar-refractivity contribution is 6.45. The van der Waals surface area contributed by atoms with Gasteiger partial charge in [-0.15, -0.1) is 10.2 Å². The van der Waals surface area contributed by atoms with Crippen molar-refractivity contribution in [2.24, 2.45) is 0 Å². The van der Waals surface area contributed by atoms with Gasteiger partial charge in [0.05, 0.1) is 10.0 Å². The van der Waals surface area contributed by atoms with Crippen molar-refractivity contribution in [3.05, 3.63) is 68.8 Å². The molecule has 6 heteroatoms. The SMILES string of the molecule is Clc1ccc(Cl)c2c(N3CCC(=Cc4ccccc4)CC3)nnc(Cl)c12. The Bertz CT molecular complexity index is 968. The van der Waals surface area contributed by atoms with Gasteiger partial charge in [-0.2, -0.15) is 0 Å². The normalized spacial score (nSPS) is 14.7. The molecule has 2 aromatic carbocycles. The summed E-state index contributed by atoms with van der Waals surface area (Å²) in [5, 5.41) is 11.2. The van der Waals surface area contributed by atoms with Crippen LogP contribution in [0.15, 0.2) is 48.0 Å². The smallest absolute Gasteiger partial charge is 0.161 e. The number of benzene rings is 2. The van der Waals surface area contributed by atoms with E-state index in [2.05, 4.69) is 45.4 Å². The van der Waals surface area contributed by atoms with Crippen molar-refractivity contribution in [3.8, 4) is 0 Å². The topological polar surface area (TPSA) is 29.0 Å². The van der Waals surface area contributed by atoms with Gasteiger partial charge in [0.25, 0.3) is 0 Å². The van der Waals surface area contributed by atoms with Gasteiger partial charge in [0.2, 0.25) is 0 Å². The molecule has 1 aliphatic heterocycles. The van der Waals surface area contributed by atoms with E-state index in [0.717, 1.165) is 37.1 Å². The first-order chi connectivity index (χ1) is 12.6. The van der Waals surface area contributed by atoms with Crippen LogP contribution in [-0.2, 0) is 0 Å². The van der Waals surface area contributed by atoms with Crippen LogP contribution in [0.25, 0.3) is 16.8 Å². The van der Waals surface area contributed by atoms with Gasteiger partial charge in [0.15, 0.2) is 11.0 Å². The summed E-state index contributed by atoms with van der Waals surface area (Å²) in [6.07, 6.45) is 4.21. The summed E-state index contributed by atoms with van der Waals surface area (Å²) < 4.78 is 0. The first-order valence-electron chi connectivity index (χ1n) is 8.43. The van der Waals surface area contributed by atoms with Gasteiger partial charge in [-0.3, -0.25) is 0 Å². The van der Waals surface area contributed by atoms with Crippen LogP contribution in [0.5, 0.6) is 0 Å². The minimum absolute atomic E-state index is 0.276. The zero-order valence-corrected chi connectivity index (χ0v) is 16.2. The second-order valence-electron chi connectivity index (χ2n) is 6.29. The van der Waals surface area contributed by atoms with Gasteiger partial charge in [-0.05, 0) is 30.5 Å². The summed E-state index contributed by atoms with van der Waals surface area (Å²) >= 11 is 19.0. The van der Waals surface area contributed by atoms with E-state index in [-0.39, 0.29) is 5.15 Å². The fourth-order valence-corrected chi connectivity index (χ4v) is 4.09. The quantitative estimate of drug-likeness (QED) is 0.504. The molecule has 0 spiro atoms. The van der Waals surface area contributed by atoms with Crippen molar-refractivity contribution >= 4 is 57.5 Å². The number of halogens is 3. The number of hydrogen-bond acceptors (Lipinski definition) is 3. The number of hydrogen-bond donors (Lipinski definition) is 0. The zero-order valence-electron chi connectivity index (χ0n) is 13.9. The maximum atomic E-state index is 6.44. The van der Waals surface area contributed by atoms with Gasteiger partial charge in [0.1, 0.15) is 0 Å². The van der Waals surface area contributed by atoms with Crippen LogP contribution in [0.2, 0.25) is 15.2 Å². The van der Waals surface area contributed by atoms with Crippen LogP contribution in [0.1, 0.15) is 18.4 Å². The predicted molar refractivity (Wildman–Crippen MR) is 110 cm³/mol. The van der Waals surface area contributed by atoms with Gasteiger partial charge in [-0.1, -0.05) is 76.8 Å². The van der Waals surface area contributed by atoms with E-state index >= 15 is 0 Å². The van der Waals surface area contributed by atoms with Crippen molar-refractivity contribution in [1.29, 1.82) is 0 Å². The molecule has 3 aromatic rings. The van der Waals surface area contributed by atoms with Crippen LogP contribution in [0.4, 0.5) is 5.82 Å². The third-order valence-electron chi connectivity index (χ3n) is 4.64. The molecule has 0 amide bonds. The Morgan fingerprint density at radius 3 is 2.15 bits per heavy atom. The van der Waals surface area contributed by atoms with Crippen LogP contribution in [0, 0.1) is 0 Å². The highest BCUT2D eigenvalue weighted by atomic mass is 35.5.